The van der Waals surface area contributed by atoms with Crippen LogP contribution >= 0.6 is 0 Å². The molecule has 0 spiro atoms. The molecule has 0 amide bonds. The second kappa shape index (κ2) is 25.9. The van der Waals surface area contributed by atoms with Gasteiger partial charge < -0.3 is 57.4 Å². The molecular weight excluding hydrogens is 971 g/mol. The lowest BCUT2D eigenvalue weighted by molar-refractivity contribution is -0.145. The quantitative estimate of drug-likeness (QED) is 0.0286. The highest BCUT2D eigenvalue weighted by Gasteiger charge is 2.45. The highest BCUT2D eigenvalue weighted by Crippen LogP contribution is 2.59. The van der Waals surface area contributed by atoms with E-state index in [-0.39, 0.29) is 44.7 Å². The molecule has 5 aromatic rings. The summed E-state index contributed by atoms with van der Waals surface area (Å²) in [6, 6.07) is 30.0. The number of hydrogen-bond donors (Lipinski definition) is 1. The highest BCUT2D eigenvalue weighted by atomic mass is 16.6. The van der Waals surface area contributed by atoms with Crippen molar-refractivity contribution in [2.75, 3.05) is 105 Å². The van der Waals surface area contributed by atoms with Gasteiger partial charge in [0.25, 0.3) is 0 Å². The van der Waals surface area contributed by atoms with Crippen LogP contribution in [0.5, 0.6) is 17.2 Å². The van der Waals surface area contributed by atoms with E-state index in [2.05, 4.69) is 75.0 Å². The lowest BCUT2D eigenvalue weighted by Gasteiger charge is -2.40. The van der Waals surface area contributed by atoms with E-state index in [0.29, 0.717) is 95.7 Å². The minimum absolute atomic E-state index is 0.00758. The molecule has 1 N–H and O–H groups in total. The second-order valence-electron chi connectivity index (χ2n) is 19.7. The van der Waals surface area contributed by atoms with Crippen LogP contribution in [0.4, 0.5) is 5.69 Å². The van der Waals surface area contributed by atoms with Crippen molar-refractivity contribution in [3.8, 4) is 28.4 Å². The molecule has 76 heavy (non-hydrogen) atoms. The molecule has 2 heterocycles. The third-order valence-corrected chi connectivity index (χ3v) is 14.4. The lowest BCUT2D eigenvalue weighted by atomic mass is 9.76. The van der Waals surface area contributed by atoms with Crippen LogP contribution < -0.4 is 19.1 Å². The van der Waals surface area contributed by atoms with E-state index >= 15 is 0 Å². The molecule has 2 aliphatic heterocycles. The molecule has 1 aliphatic carbocycles. The SMILES string of the molecule is C=C(C)C(=O)OCCOCCOCCOCCOCCOCCOC(=O)CCC1CCN(c2cc3c4c(c5c(c3cc2OC)OC(c2ccccc2)(c2ccc(OC)cc2)C=C5)C(C)(C)c2ccccc2-4)C(C(=O)O)C1. The molecule has 15 heteroatoms. The monoisotopic (exact) mass is 1040 g/mol. The molecule has 404 valence electrons. The van der Waals surface area contributed by atoms with Gasteiger partial charge in [-0.15, -0.1) is 0 Å². The standard InChI is InChI=1S/C61H71NO14/c1-41(2)59(66)75-37-35-73-33-31-71-29-27-69-26-28-70-30-32-72-34-36-74-54(63)21-16-42-23-25-62(52(38-42)58(64)65)51-39-48-49(40-53(51)68-6)57-47(56-55(48)46-14-10-11-15-50(46)60(56,3)4)22-24-61(76-57,43-12-8-7-9-13-43)44-17-19-45(67-5)20-18-44/h7-15,17-20,22,24,39-40,42,52H,1,16,21,23,25-38H2,2-6H3,(H,64,65). The molecule has 3 unspecified atom stereocenters. The van der Waals surface area contributed by atoms with Crippen LogP contribution in [0.25, 0.3) is 28.0 Å². The van der Waals surface area contributed by atoms with E-state index in [4.69, 9.17) is 47.4 Å². The van der Waals surface area contributed by atoms with Crippen molar-refractivity contribution in [1.29, 1.82) is 0 Å². The Morgan fingerprint density at radius 2 is 1.32 bits per heavy atom. The van der Waals surface area contributed by atoms with Gasteiger partial charge in [-0.3, -0.25) is 4.79 Å². The lowest BCUT2D eigenvalue weighted by Crippen LogP contribution is -2.47. The zero-order valence-corrected chi connectivity index (χ0v) is 44.4. The maximum Gasteiger partial charge on any atom is 0.333 e. The smallest absolute Gasteiger partial charge is 0.333 e. The maximum atomic E-state index is 13.3. The number of nitrogens with zero attached hydrogens (tertiary/aromatic N) is 1. The van der Waals surface area contributed by atoms with Crippen LogP contribution in [0.15, 0.2) is 109 Å². The first-order chi connectivity index (χ1) is 36.9. The van der Waals surface area contributed by atoms with Crippen molar-refractivity contribution in [2.24, 2.45) is 5.92 Å². The number of carboxylic acids is 1. The van der Waals surface area contributed by atoms with Gasteiger partial charge in [0, 0.05) is 46.0 Å². The molecule has 15 nitrogen and oxygen atoms in total. The van der Waals surface area contributed by atoms with Gasteiger partial charge in [0.1, 0.15) is 36.5 Å². The van der Waals surface area contributed by atoms with Crippen LogP contribution in [-0.4, -0.2) is 129 Å². The number of hydrogen-bond acceptors (Lipinski definition) is 14. The summed E-state index contributed by atoms with van der Waals surface area (Å²) in [5.41, 5.74) is 7.14. The number of methoxy groups -OCH3 is 2. The van der Waals surface area contributed by atoms with Gasteiger partial charge in [0.05, 0.1) is 86.0 Å². The fraction of sp³-hybridized carbons (Fsp3) is 0.426. The first-order valence-electron chi connectivity index (χ1n) is 26.1. The Morgan fingerprint density at radius 1 is 0.724 bits per heavy atom. The molecule has 5 aromatic carbocycles. The Labute approximate surface area is 445 Å². The van der Waals surface area contributed by atoms with Crippen molar-refractivity contribution in [1.82, 2.24) is 0 Å². The average Bonchev–Trinajstić information content (AvgIpc) is 3.72. The number of aliphatic carboxylic acids is 1. The van der Waals surface area contributed by atoms with Crippen molar-refractivity contribution >= 4 is 40.4 Å². The van der Waals surface area contributed by atoms with E-state index in [0.717, 1.165) is 55.7 Å². The van der Waals surface area contributed by atoms with E-state index in [1.54, 1.807) is 21.1 Å². The largest absolute Gasteiger partial charge is 0.497 e. The van der Waals surface area contributed by atoms with Gasteiger partial charge in [0.2, 0.25) is 0 Å². The highest BCUT2D eigenvalue weighted by molar-refractivity contribution is 6.10. The van der Waals surface area contributed by atoms with Gasteiger partial charge in [-0.25, -0.2) is 9.59 Å². The number of carbonyl (C=O) groups is 3. The fourth-order valence-electron chi connectivity index (χ4n) is 10.6. The molecule has 0 bridgehead atoms. The van der Waals surface area contributed by atoms with E-state index in [9.17, 15) is 19.5 Å². The summed E-state index contributed by atoms with van der Waals surface area (Å²) in [6.07, 6.45) is 6.10. The molecule has 3 atom stereocenters. The summed E-state index contributed by atoms with van der Waals surface area (Å²) < 4.78 is 57.2. The van der Waals surface area contributed by atoms with Gasteiger partial charge >= 0.3 is 17.9 Å². The number of ether oxygens (including phenoxy) is 10. The molecule has 1 saturated heterocycles. The normalized spacial score (nSPS) is 18.0. The van der Waals surface area contributed by atoms with Crippen molar-refractivity contribution in [3.05, 3.63) is 137 Å². The van der Waals surface area contributed by atoms with Crippen molar-refractivity contribution in [2.45, 2.75) is 63.5 Å². The molecule has 0 aromatic heterocycles. The minimum atomic E-state index is -0.989. The number of esters is 2. The fourth-order valence-corrected chi connectivity index (χ4v) is 10.6. The summed E-state index contributed by atoms with van der Waals surface area (Å²) in [4.78, 5) is 39.4. The molecule has 0 saturated carbocycles. The van der Waals surface area contributed by atoms with E-state index < -0.39 is 29.0 Å². The predicted octanol–water partition coefficient (Wildman–Crippen LogP) is 9.71. The van der Waals surface area contributed by atoms with Crippen LogP contribution in [0.2, 0.25) is 0 Å². The Morgan fingerprint density at radius 3 is 1.92 bits per heavy atom. The number of fused-ring (bicyclic) bond motifs is 8. The van der Waals surface area contributed by atoms with Gasteiger partial charge in [-0.05, 0) is 90.1 Å². The molecule has 1 fully saturated rings. The number of benzene rings is 5. The van der Waals surface area contributed by atoms with Crippen LogP contribution in [-0.2, 0) is 58.6 Å². The number of piperidine rings is 1. The van der Waals surface area contributed by atoms with Crippen LogP contribution in [0, 0.1) is 5.92 Å². The van der Waals surface area contributed by atoms with E-state index in [1.807, 2.05) is 53.4 Å². The Kier molecular flexibility index (Phi) is 18.9. The number of rotatable bonds is 28. The van der Waals surface area contributed by atoms with E-state index in [1.165, 1.54) is 5.56 Å². The number of carboxylic acid groups (broad SMARTS) is 1. The first-order valence-corrected chi connectivity index (χ1v) is 26.1. The van der Waals surface area contributed by atoms with Crippen LogP contribution in [0.1, 0.15) is 74.3 Å². The van der Waals surface area contributed by atoms with Gasteiger partial charge in [-0.1, -0.05) is 93.2 Å². The summed E-state index contributed by atoms with van der Waals surface area (Å²) in [7, 11) is 3.28. The summed E-state index contributed by atoms with van der Waals surface area (Å²) in [6.45, 7) is 14.0. The zero-order chi connectivity index (χ0) is 53.7. The van der Waals surface area contributed by atoms with Crippen molar-refractivity contribution < 1.29 is 66.9 Å². The topological polar surface area (TPSA) is 167 Å². The number of carbonyl (C=O) groups excluding carboxylic acids is 2. The molecule has 0 radical (unpaired) electrons. The number of anilines is 1. The molecule has 8 rings (SSSR count). The molecular formula is C61H71NO14. The summed E-state index contributed by atoms with van der Waals surface area (Å²) in [5.74, 6) is 0.282. The Balaban J connectivity index is 0.860. The predicted molar refractivity (Wildman–Crippen MR) is 289 cm³/mol. The third kappa shape index (κ3) is 12.6. The van der Waals surface area contributed by atoms with Gasteiger partial charge in [0.15, 0.2) is 5.60 Å². The Hall–Kier alpha value is -6.75. The summed E-state index contributed by atoms with van der Waals surface area (Å²) >= 11 is 0. The summed E-state index contributed by atoms with van der Waals surface area (Å²) in [5, 5.41) is 12.7. The zero-order valence-electron chi connectivity index (χ0n) is 44.4. The molecule has 3 aliphatic rings. The third-order valence-electron chi connectivity index (χ3n) is 14.4. The minimum Gasteiger partial charge on any atom is -0.497 e. The van der Waals surface area contributed by atoms with Crippen LogP contribution in [0.3, 0.4) is 0 Å². The average molecular weight is 1040 g/mol. The Bertz CT molecular complexity index is 2840. The second-order valence-corrected chi connectivity index (χ2v) is 19.7. The van der Waals surface area contributed by atoms with Gasteiger partial charge in [-0.2, -0.15) is 0 Å². The maximum absolute atomic E-state index is 13.3. The first kappa shape index (κ1) is 55.5. The van der Waals surface area contributed by atoms with Crippen molar-refractivity contribution in [3.63, 3.8) is 0 Å².